The lowest BCUT2D eigenvalue weighted by Gasteiger charge is -2.25. The molecule has 0 heterocycles. The summed E-state index contributed by atoms with van der Waals surface area (Å²) in [7, 11) is 0. The summed E-state index contributed by atoms with van der Waals surface area (Å²) in [6.45, 7) is 0. The third-order valence-corrected chi connectivity index (χ3v) is 4.50. The minimum atomic E-state index is -5.91. The highest BCUT2D eigenvalue weighted by atomic mass is 19.3. The molecule has 0 spiro atoms. The number of alkyl halides is 8. The van der Waals surface area contributed by atoms with Crippen molar-refractivity contribution in [1.82, 2.24) is 0 Å². The van der Waals surface area contributed by atoms with E-state index >= 15 is 0 Å². The van der Waals surface area contributed by atoms with Crippen LogP contribution in [-0.2, 0) is 11.8 Å². The van der Waals surface area contributed by atoms with Gasteiger partial charge in [0.2, 0.25) is 11.7 Å². The maximum Gasteiger partial charge on any atom is 0.370 e. The van der Waals surface area contributed by atoms with Crippen LogP contribution >= 0.6 is 0 Å². The van der Waals surface area contributed by atoms with Crippen LogP contribution in [-0.4, -0.2) is 11.8 Å². The van der Waals surface area contributed by atoms with Crippen molar-refractivity contribution in [3.8, 4) is 11.1 Å². The molecule has 0 radical (unpaired) electrons. The van der Waals surface area contributed by atoms with Crippen LogP contribution < -0.4 is 0 Å². The van der Waals surface area contributed by atoms with Crippen LogP contribution in [0.15, 0.2) is 72.3 Å². The van der Waals surface area contributed by atoms with Gasteiger partial charge in [-0.3, -0.25) is 0 Å². The Balaban J connectivity index is 2.38. The van der Waals surface area contributed by atoms with Gasteiger partial charge in [-0.25, -0.2) is 0 Å². The summed E-state index contributed by atoms with van der Waals surface area (Å²) in [6, 6.07) is 3.84. The highest BCUT2D eigenvalue weighted by Gasteiger charge is 2.63. The van der Waals surface area contributed by atoms with Gasteiger partial charge in [0.05, 0.1) is 0 Å². The Hall–Kier alpha value is -3.06. The standard InChI is InChI=1S/C20H8F14/c21-13(15(23)24)19(31,32)17(27,28)11-5-1-9(2-6-11)10-3-7-12(8-4-10)18(29,30)20(33,34)14(22)16(25)26/h1-8H. The molecule has 14 heteroatoms. The molecule has 0 nitrogen and oxygen atoms in total. The predicted octanol–water partition coefficient (Wildman–Crippen LogP) is 8.96. The third-order valence-electron chi connectivity index (χ3n) is 4.50. The van der Waals surface area contributed by atoms with Gasteiger partial charge < -0.3 is 0 Å². The summed E-state index contributed by atoms with van der Waals surface area (Å²) < 4.78 is 183. The lowest BCUT2D eigenvalue weighted by molar-refractivity contribution is -0.204. The van der Waals surface area contributed by atoms with Crippen LogP contribution in [0.2, 0.25) is 0 Å². The Morgan fingerprint density at radius 3 is 0.853 bits per heavy atom. The van der Waals surface area contributed by atoms with Gasteiger partial charge in [-0.1, -0.05) is 48.5 Å². The normalized spacial score (nSPS) is 13.0. The van der Waals surface area contributed by atoms with Crippen LogP contribution in [0.4, 0.5) is 61.5 Å². The maximum absolute atomic E-state index is 13.9. The van der Waals surface area contributed by atoms with E-state index in [0.717, 1.165) is 0 Å². The van der Waals surface area contributed by atoms with Crippen LogP contribution in [0.3, 0.4) is 0 Å². The minimum Gasteiger partial charge on any atom is -0.199 e. The van der Waals surface area contributed by atoms with Crippen LogP contribution in [0, 0.1) is 0 Å². The molecule has 0 aliphatic heterocycles. The summed E-state index contributed by atoms with van der Waals surface area (Å²) in [4.78, 5) is 0. The first-order chi connectivity index (χ1) is 15.4. The van der Waals surface area contributed by atoms with E-state index in [1.54, 1.807) is 0 Å². The quantitative estimate of drug-likeness (QED) is 0.324. The molecule has 0 unspecified atom stereocenters. The predicted molar refractivity (Wildman–Crippen MR) is 90.3 cm³/mol. The minimum absolute atomic E-state index is 0.168. The number of rotatable bonds is 7. The molecule has 0 aliphatic rings. The third kappa shape index (κ3) is 4.49. The fourth-order valence-electron chi connectivity index (χ4n) is 2.62. The largest absolute Gasteiger partial charge is 0.370 e. The molecule has 0 saturated carbocycles. The Morgan fingerprint density at radius 2 is 0.647 bits per heavy atom. The molecule has 0 aromatic heterocycles. The van der Waals surface area contributed by atoms with Gasteiger partial charge in [-0.2, -0.15) is 61.5 Å². The molecule has 0 fully saturated rings. The molecule has 0 N–H and O–H groups in total. The van der Waals surface area contributed by atoms with Crippen molar-refractivity contribution < 1.29 is 61.5 Å². The molecule has 186 valence electrons. The van der Waals surface area contributed by atoms with Gasteiger partial charge in [0, 0.05) is 11.1 Å². The first-order valence-electron chi connectivity index (χ1n) is 8.54. The zero-order valence-corrected chi connectivity index (χ0v) is 15.9. The number of hydrogen-bond acceptors (Lipinski definition) is 0. The van der Waals surface area contributed by atoms with E-state index in [4.69, 9.17) is 0 Å². The van der Waals surface area contributed by atoms with Crippen LogP contribution in [0.25, 0.3) is 11.1 Å². The molecular weight excluding hydrogens is 506 g/mol. The molecule has 0 aliphatic carbocycles. The topological polar surface area (TPSA) is 0 Å². The molecule has 0 atom stereocenters. The van der Waals surface area contributed by atoms with Gasteiger partial charge in [-0.05, 0) is 11.1 Å². The van der Waals surface area contributed by atoms with E-state index < -0.39 is 58.6 Å². The summed E-state index contributed by atoms with van der Waals surface area (Å²) in [6.07, 6.45) is -7.32. The van der Waals surface area contributed by atoms with Gasteiger partial charge in [0.25, 0.3) is 0 Å². The Labute approximate surface area is 180 Å². The zero-order valence-electron chi connectivity index (χ0n) is 15.9. The summed E-state index contributed by atoms with van der Waals surface area (Å²) >= 11 is 0. The van der Waals surface area contributed by atoms with Crippen LogP contribution in [0.1, 0.15) is 11.1 Å². The Kier molecular flexibility index (Phi) is 7.15. The van der Waals surface area contributed by atoms with E-state index in [2.05, 4.69) is 0 Å². The van der Waals surface area contributed by atoms with E-state index in [-0.39, 0.29) is 35.4 Å². The highest BCUT2D eigenvalue weighted by Crippen LogP contribution is 2.50. The molecule has 34 heavy (non-hydrogen) atoms. The first-order valence-corrected chi connectivity index (χ1v) is 8.54. The van der Waals surface area contributed by atoms with Gasteiger partial charge in [0.15, 0.2) is 0 Å². The number of halogens is 14. The van der Waals surface area contributed by atoms with Crippen LogP contribution in [0.5, 0.6) is 0 Å². The fourth-order valence-corrected chi connectivity index (χ4v) is 2.62. The average molecular weight is 514 g/mol. The van der Waals surface area contributed by atoms with Crippen molar-refractivity contribution in [2.45, 2.75) is 23.7 Å². The molecule has 0 saturated heterocycles. The number of hydrogen-bond donors (Lipinski definition) is 0. The second kappa shape index (κ2) is 8.95. The average Bonchev–Trinajstić information content (AvgIpc) is 2.77. The first kappa shape index (κ1) is 27.2. The monoisotopic (exact) mass is 514 g/mol. The SMILES string of the molecule is FC(F)=C(F)C(F)(F)C(F)(F)c1ccc(-c2ccc(C(F)(F)C(F)(F)C(F)=C(F)F)cc2)cc1. The molecule has 2 aromatic rings. The van der Waals surface area contributed by atoms with Crippen molar-refractivity contribution in [3.05, 3.63) is 83.5 Å². The number of allylic oxidation sites excluding steroid dienone is 2. The van der Waals surface area contributed by atoms with E-state index in [1.807, 2.05) is 0 Å². The lowest BCUT2D eigenvalue weighted by atomic mass is 9.95. The molecular formula is C20H8F14. The van der Waals surface area contributed by atoms with Crippen molar-refractivity contribution in [1.29, 1.82) is 0 Å². The summed E-state index contributed by atoms with van der Waals surface area (Å²) in [5.41, 5.74) is -3.54. The van der Waals surface area contributed by atoms with E-state index in [0.29, 0.717) is 24.3 Å². The highest BCUT2D eigenvalue weighted by molar-refractivity contribution is 5.64. The second-order valence-corrected chi connectivity index (χ2v) is 6.60. The van der Waals surface area contributed by atoms with Crippen molar-refractivity contribution in [3.63, 3.8) is 0 Å². The summed E-state index contributed by atoms with van der Waals surface area (Å²) in [5, 5.41) is 0. The lowest BCUT2D eigenvalue weighted by Crippen LogP contribution is -2.39. The Morgan fingerprint density at radius 1 is 0.412 bits per heavy atom. The van der Waals surface area contributed by atoms with Crippen molar-refractivity contribution in [2.75, 3.05) is 0 Å². The molecule has 2 aromatic carbocycles. The maximum atomic E-state index is 13.9. The van der Waals surface area contributed by atoms with Gasteiger partial charge >= 0.3 is 35.9 Å². The fraction of sp³-hybridized carbons (Fsp3) is 0.200. The smallest absolute Gasteiger partial charge is 0.199 e. The van der Waals surface area contributed by atoms with Crippen molar-refractivity contribution >= 4 is 0 Å². The van der Waals surface area contributed by atoms with E-state index in [1.165, 1.54) is 0 Å². The van der Waals surface area contributed by atoms with Gasteiger partial charge in [-0.15, -0.1) is 0 Å². The van der Waals surface area contributed by atoms with E-state index in [9.17, 15) is 61.5 Å². The van der Waals surface area contributed by atoms with Crippen molar-refractivity contribution in [2.24, 2.45) is 0 Å². The molecule has 0 amide bonds. The number of benzene rings is 2. The molecule has 2 rings (SSSR count). The van der Waals surface area contributed by atoms with Gasteiger partial charge in [0.1, 0.15) is 0 Å². The zero-order chi connectivity index (χ0) is 26.3. The summed E-state index contributed by atoms with van der Waals surface area (Å²) in [5.74, 6) is -30.0. The molecule has 0 bridgehead atoms. The second-order valence-electron chi connectivity index (χ2n) is 6.60. The Bertz CT molecular complexity index is 998.